The van der Waals surface area contributed by atoms with E-state index in [2.05, 4.69) is 16.8 Å². The maximum Gasteiger partial charge on any atom is 0.135 e. The Labute approximate surface area is 138 Å². The van der Waals surface area contributed by atoms with E-state index in [1.165, 1.54) is 17.5 Å². The molecule has 4 nitrogen and oxygen atoms in total. The lowest BCUT2D eigenvalue weighted by Crippen LogP contribution is -2.23. The average molecular weight is 311 g/mol. The van der Waals surface area contributed by atoms with E-state index >= 15 is 0 Å². The Morgan fingerprint density at radius 3 is 2.78 bits per heavy atom. The molecule has 1 saturated heterocycles. The molecule has 0 spiro atoms. The SMILES string of the molecule is CCCc1cnc(C)nc1N1CCC(Cc2ccc(O)cc2)C1. The van der Waals surface area contributed by atoms with Crippen LogP contribution in [0, 0.1) is 12.8 Å². The molecule has 1 fully saturated rings. The van der Waals surface area contributed by atoms with E-state index in [0.29, 0.717) is 11.7 Å². The highest BCUT2D eigenvalue weighted by Crippen LogP contribution is 2.28. The molecule has 1 atom stereocenters. The largest absolute Gasteiger partial charge is 0.508 e. The minimum atomic E-state index is 0.336. The molecule has 0 aliphatic carbocycles. The summed E-state index contributed by atoms with van der Waals surface area (Å²) in [6, 6.07) is 7.59. The van der Waals surface area contributed by atoms with E-state index in [0.717, 1.165) is 44.0 Å². The van der Waals surface area contributed by atoms with E-state index in [9.17, 15) is 5.11 Å². The summed E-state index contributed by atoms with van der Waals surface area (Å²) in [4.78, 5) is 11.5. The molecule has 0 amide bonds. The minimum absolute atomic E-state index is 0.336. The molecule has 1 aromatic heterocycles. The van der Waals surface area contributed by atoms with Gasteiger partial charge in [0.25, 0.3) is 0 Å². The Morgan fingerprint density at radius 2 is 2.04 bits per heavy atom. The van der Waals surface area contributed by atoms with Gasteiger partial charge in [-0.15, -0.1) is 0 Å². The number of phenolic OH excluding ortho intramolecular Hbond substituents is 1. The number of anilines is 1. The van der Waals surface area contributed by atoms with E-state index in [1.54, 1.807) is 12.1 Å². The summed E-state index contributed by atoms with van der Waals surface area (Å²) in [5, 5.41) is 9.39. The van der Waals surface area contributed by atoms with Crippen LogP contribution in [-0.2, 0) is 12.8 Å². The third kappa shape index (κ3) is 3.81. The molecule has 1 unspecified atom stereocenters. The lowest BCUT2D eigenvalue weighted by molar-refractivity contribution is 0.474. The third-order valence-corrected chi connectivity index (χ3v) is 4.53. The minimum Gasteiger partial charge on any atom is -0.508 e. The van der Waals surface area contributed by atoms with Crippen molar-refractivity contribution in [1.82, 2.24) is 9.97 Å². The number of aryl methyl sites for hydroxylation is 2. The summed E-state index contributed by atoms with van der Waals surface area (Å²) in [5.74, 6) is 2.96. The van der Waals surface area contributed by atoms with Crippen LogP contribution < -0.4 is 4.90 Å². The Morgan fingerprint density at radius 1 is 1.26 bits per heavy atom. The third-order valence-electron chi connectivity index (χ3n) is 4.53. The summed E-state index contributed by atoms with van der Waals surface area (Å²) in [6.45, 7) is 6.27. The standard InChI is InChI=1S/C19H25N3O/c1-3-4-17-12-20-14(2)21-19(17)22-10-9-16(13-22)11-15-5-7-18(23)8-6-15/h5-8,12,16,23H,3-4,9-11,13H2,1-2H3. The van der Waals surface area contributed by atoms with Gasteiger partial charge in [0.05, 0.1) is 0 Å². The summed E-state index contributed by atoms with van der Waals surface area (Å²) >= 11 is 0. The number of phenols is 1. The van der Waals surface area contributed by atoms with Crippen LogP contribution >= 0.6 is 0 Å². The van der Waals surface area contributed by atoms with Crippen molar-refractivity contribution in [3.8, 4) is 5.75 Å². The van der Waals surface area contributed by atoms with E-state index in [1.807, 2.05) is 25.3 Å². The molecule has 0 radical (unpaired) electrons. The fourth-order valence-corrected chi connectivity index (χ4v) is 3.36. The van der Waals surface area contributed by atoms with Gasteiger partial charge in [0, 0.05) is 24.8 Å². The number of hydrogen-bond acceptors (Lipinski definition) is 4. The van der Waals surface area contributed by atoms with Crippen molar-refractivity contribution in [2.75, 3.05) is 18.0 Å². The number of benzene rings is 1. The molecule has 23 heavy (non-hydrogen) atoms. The molecular weight excluding hydrogens is 286 g/mol. The van der Waals surface area contributed by atoms with Crippen molar-refractivity contribution in [3.05, 3.63) is 47.4 Å². The lowest BCUT2D eigenvalue weighted by atomic mass is 9.99. The molecule has 2 aromatic rings. The van der Waals surface area contributed by atoms with Crippen LogP contribution in [-0.4, -0.2) is 28.2 Å². The molecular formula is C19H25N3O. The summed E-state index contributed by atoms with van der Waals surface area (Å²) in [5.41, 5.74) is 2.56. The number of aromatic nitrogens is 2. The highest BCUT2D eigenvalue weighted by Gasteiger charge is 2.25. The van der Waals surface area contributed by atoms with Crippen molar-refractivity contribution in [3.63, 3.8) is 0 Å². The number of aromatic hydroxyl groups is 1. The Bertz CT molecular complexity index is 654. The van der Waals surface area contributed by atoms with E-state index in [-0.39, 0.29) is 0 Å². The van der Waals surface area contributed by atoms with Crippen LogP contribution in [0.3, 0.4) is 0 Å². The first-order chi connectivity index (χ1) is 11.2. The first-order valence-electron chi connectivity index (χ1n) is 8.51. The highest BCUT2D eigenvalue weighted by molar-refractivity contribution is 5.47. The Balaban J connectivity index is 1.69. The lowest BCUT2D eigenvalue weighted by Gasteiger charge is -2.21. The average Bonchev–Trinajstić information content (AvgIpc) is 3.00. The molecule has 4 heteroatoms. The predicted molar refractivity (Wildman–Crippen MR) is 92.9 cm³/mol. The van der Waals surface area contributed by atoms with Crippen LogP contribution in [0.4, 0.5) is 5.82 Å². The monoisotopic (exact) mass is 311 g/mol. The van der Waals surface area contributed by atoms with Crippen LogP contribution in [0.15, 0.2) is 30.5 Å². The number of rotatable bonds is 5. The van der Waals surface area contributed by atoms with E-state index < -0.39 is 0 Å². The van der Waals surface area contributed by atoms with E-state index in [4.69, 9.17) is 4.98 Å². The fraction of sp³-hybridized carbons (Fsp3) is 0.474. The van der Waals surface area contributed by atoms with Crippen LogP contribution in [0.2, 0.25) is 0 Å². The van der Waals surface area contributed by atoms with Gasteiger partial charge < -0.3 is 10.0 Å². The fourth-order valence-electron chi connectivity index (χ4n) is 3.36. The number of hydrogen-bond donors (Lipinski definition) is 1. The van der Waals surface area contributed by atoms with Gasteiger partial charge in [-0.1, -0.05) is 25.5 Å². The zero-order valence-corrected chi connectivity index (χ0v) is 14.0. The normalized spacial score (nSPS) is 17.7. The van der Waals surface area contributed by atoms with Crippen molar-refractivity contribution < 1.29 is 5.11 Å². The van der Waals surface area contributed by atoms with Gasteiger partial charge in [-0.25, -0.2) is 9.97 Å². The quantitative estimate of drug-likeness (QED) is 0.918. The molecule has 122 valence electrons. The van der Waals surface area contributed by atoms with Gasteiger partial charge in [0.15, 0.2) is 0 Å². The second-order valence-corrected chi connectivity index (χ2v) is 6.49. The summed E-state index contributed by atoms with van der Waals surface area (Å²) in [6.07, 6.45) is 6.40. The van der Waals surface area contributed by atoms with Crippen LogP contribution in [0.25, 0.3) is 0 Å². The molecule has 3 rings (SSSR count). The highest BCUT2D eigenvalue weighted by atomic mass is 16.3. The smallest absolute Gasteiger partial charge is 0.135 e. The summed E-state index contributed by atoms with van der Waals surface area (Å²) < 4.78 is 0. The van der Waals surface area contributed by atoms with Crippen molar-refractivity contribution in [2.24, 2.45) is 5.92 Å². The molecule has 1 N–H and O–H groups in total. The Kier molecular flexibility index (Phi) is 4.79. The summed E-state index contributed by atoms with van der Waals surface area (Å²) in [7, 11) is 0. The van der Waals surface area contributed by atoms with Crippen molar-refractivity contribution >= 4 is 5.82 Å². The van der Waals surface area contributed by atoms with Crippen molar-refractivity contribution in [1.29, 1.82) is 0 Å². The molecule has 2 heterocycles. The van der Waals surface area contributed by atoms with Gasteiger partial charge in [-0.2, -0.15) is 0 Å². The van der Waals surface area contributed by atoms with Crippen molar-refractivity contribution in [2.45, 2.75) is 39.5 Å². The maximum atomic E-state index is 9.39. The molecule has 1 aromatic carbocycles. The van der Waals surface area contributed by atoms with Gasteiger partial charge in [0.1, 0.15) is 17.4 Å². The van der Waals surface area contributed by atoms with Gasteiger partial charge in [-0.3, -0.25) is 0 Å². The second-order valence-electron chi connectivity index (χ2n) is 6.49. The van der Waals surface area contributed by atoms with Crippen LogP contribution in [0.1, 0.15) is 36.7 Å². The predicted octanol–water partition coefficient (Wildman–Crippen LogP) is 3.51. The molecule has 1 aliphatic rings. The molecule has 1 aliphatic heterocycles. The molecule has 0 saturated carbocycles. The maximum absolute atomic E-state index is 9.39. The van der Waals surface area contributed by atoms with Gasteiger partial charge in [0.2, 0.25) is 0 Å². The van der Waals surface area contributed by atoms with Gasteiger partial charge in [-0.05, 0) is 49.8 Å². The molecule has 0 bridgehead atoms. The Hall–Kier alpha value is -2.10. The topological polar surface area (TPSA) is 49.2 Å². The number of nitrogens with zero attached hydrogens (tertiary/aromatic N) is 3. The zero-order valence-electron chi connectivity index (χ0n) is 14.0. The van der Waals surface area contributed by atoms with Crippen LogP contribution in [0.5, 0.6) is 5.75 Å². The second kappa shape index (κ2) is 6.99. The van der Waals surface area contributed by atoms with Gasteiger partial charge >= 0.3 is 0 Å². The zero-order chi connectivity index (χ0) is 16.2. The first kappa shape index (κ1) is 15.8. The first-order valence-corrected chi connectivity index (χ1v) is 8.51.